The molecular weight excluding hydrogens is 464 g/mol. The Morgan fingerprint density at radius 2 is 2.11 bits per heavy atom. The highest BCUT2D eigenvalue weighted by Gasteiger charge is 2.43. The Kier molecular flexibility index (Phi) is 6.08. The average Bonchev–Trinajstić information content (AvgIpc) is 3.47. The molecule has 3 aliphatic heterocycles. The van der Waals surface area contributed by atoms with Gasteiger partial charge < -0.3 is 15.4 Å². The molecule has 7 heteroatoms. The lowest BCUT2D eigenvalue weighted by molar-refractivity contribution is 0.0105. The molecule has 7 nitrogen and oxygen atoms in total. The second-order valence-electron chi connectivity index (χ2n) is 10.2. The van der Waals surface area contributed by atoms with E-state index in [1.807, 2.05) is 54.7 Å². The third kappa shape index (κ3) is 4.13. The third-order valence-electron chi connectivity index (χ3n) is 8.27. The number of pyridine rings is 1. The number of aromatic nitrogens is 1. The molecule has 3 fully saturated rings. The number of benzene rings is 1. The van der Waals surface area contributed by atoms with Crippen molar-refractivity contribution in [2.45, 2.75) is 31.5 Å². The van der Waals surface area contributed by atoms with E-state index in [9.17, 15) is 9.59 Å². The van der Waals surface area contributed by atoms with Crippen LogP contribution < -0.4 is 26.2 Å². The van der Waals surface area contributed by atoms with Gasteiger partial charge in [-0.3, -0.25) is 19.5 Å². The van der Waals surface area contributed by atoms with Gasteiger partial charge in [-0.25, -0.2) is 6.07 Å². The number of anilines is 2. The number of nitrogens with zero attached hydrogens (tertiary/aromatic N) is 2. The summed E-state index contributed by atoms with van der Waals surface area (Å²) < 4.78 is 5.52. The number of piperidine rings is 3. The van der Waals surface area contributed by atoms with Crippen molar-refractivity contribution in [2.75, 3.05) is 30.8 Å². The van der Waals surface area contributed by atoms with E-state index in [4.69, 9.17) is 4.74 Å². The van der Waals surface area contributed by atoms with Crippen molar-refractivity contribution in [2.24, 2.45) is 11.8 Å². The van der Waals surface area contributed by atoms with Gasteiger partial charge in [0, 0.05) is 24.2 Å². The van der Waals surface area contributed by atoms with Crippen LogP contribution in [0.4, 0.5) is 11.4 Å². The molecule has 3 aromatic carbocycles. The van der Waals surface area contributed by atoms with E-state index in [1.54, 1.807) is 7.11 Å². The number of methoxy groups -OCH3 is 1. The van der Waals surface area contributed by atoms with E-state index in [0.29, 0.717) is 29.8 Å². The predicted molar refractivity (Wildman–Crippen MR) is 147 cm³/mol. The summed E-state index contributed by atoms with van der Waals surface area (Å²) in [4.78, 5) is 32.5. The molecule has 0 saturated carbocycles. The van der Waals surface area contributed by atoms with E-state index in [0.717, 1.165) is 53.7 Å². The zero-order valence-electron chi connectivity index (χ0n) is 20.9. The Labute approximate surface area is 215 Å². The summed E-state index contributed by atoms with van der Waals surface area (Å²) in [5.41, 5.74) is 2.78. The number of rotatable bonds is 9. The first kappa shape index (κ1) is 23.6. The van der Waals surface area contributed by atoms with E-state index in [2.05, 4.69) is 33.2 Å². The van der Waals surface area contributed by atoms with Crippen molar-refractivity contribution in [1.29, 1.82) is 0 Å². The van der Waals surface area contributed by atoms with Crippen LogP contribution in [0.15, 0.2) is 77.0 Å². The molecule has 3 aliphatic rings. The lowest BCUT2D eigenvalue weighted by Crippen LogP contribution is -2.56. The molecule has 0 spiro atoms. The molecule has 0 aliphatic carbocycles. The van der Waals surface area contributed by atoms with Crippen molar-refractivity contribution in [3.63, 3.8) is 0 Å². The minimum Gasteiger partial charge on any atom is -0.497 e. The molecule has 4 aromatic rings. The Morgan fingerprint density at radius 3 is 2.84 bits per heavy atom. The monoisotopic (exact) mass is 495 g/mol. The summed E-state index contributed by atoms with van der Waals surface area (Å²) in [7, 11) is 1.66. The largest absolute Gasteiger partial charge is 0.497 e. The molecule has 7 rings (SSSR count). The second kappa shape index (κ2) is 9.56. The van der Waals surface area contributed by atoms with Gasteiger partial charge in [0.15, 0.2) is 0 Å². The highest BCUT2D eigenvalue weighted by molar-refractivity contribution is 5.85. The lowest BCUT2D eigenvalue weighted by atomic mass is 9.73. The molecule has 4 unspecified atom stereocenters. The molecule has 37 heavy (non-hydrogen) atoms. The SMILES string of the molecule is C=CC1CN2CCC1CC2[C@H](Nc1c(NCc2cc[cH-]c2)c(=O)c1=O)c1ccnc2ccc(OC)cc12. The van der Waals surface area contributed by atoms with Crippen LogP contribution in [0, 0.1) is 11.8 Å². The minimum atomic E-state index is -0.467. The number of hydrogen-bond donors (Lipinski definition) is 2. The average molecular weight is 496 g/mol. The number of fused-ring (bicyclic) bond motifs is 4. The Hall–Kier alpha value is -3.84. The molecule has 4 heterocycles. The topological polar surface area (TPSA) is 83.6 Å². The van der Waals surface area contributed by atoms with Gasteiger partial charge in [-0.15, -0.1) is 6.58 Å². The second-order valence-corrected chi connectivity index (χ2v) is 10.2. The summed E-state index contributed by atoms with van der Waals surface area (Å²) in [5, 5.41) is 7.74. The smallest absolute Gasteiger partial charge is 0.253 e. The first-order valence-corrected chi connectivity index (χ1v) is 12.9. The summed E-state index contributed by atoms with van der Waals surface area (Å²) >= 11 is 0. The molecule has 2 N–H and O–H groups in total. The van der Waals surface area contributed by atoms with Gasteiger partial charge in [-0.1, -0.05) is 6.08 Å². The Balaban J connectivity index is 1.40. The standard InChI is InChI=1S/C30H31N4O3/c1-3-19-17-34-13-11-20(19)14-25(34)26(22-10-12-31-24-9-8-21(37-2)15-23(22)24)33-28-27(29(35)30(28)36)32-16-18-6-4-5-7-18/h3-10,12,15,19-20,25-26,32-33H,1,11,13-14,16-17H2,2H3/q-1/t19?,20?,25?,26-/m1/s1. The van der Waals surface area contributed by atoms with Crippen LogP contribution in [0.5, 0.6) is 5.75 Å². The van der Waals surface area contributed by atoms with Crippen molar-refractivity contribution >= 4 is 22.3 Å². The molecule has 0 radical (unpaired) electrons. The number of ether oxygens (including phenoxy) is 1. The van der Waals surface area contributed by atoms with Gasteiger partial charge in [0.05, 0.1) is 18.7 Å². The van der Waals surface area contributed by atoms with E-state index in [1.165, 1.54) is 0 Å². The van der Waals surface area contributed by atoms with E-state index >= 15 is 0 Å². The summed E-state index contributed by atoms with van der Waals surface area (Å²) in [6.45, 7) is 6.53. The van der Waals surface area contributed by atoms with E-state index < -0.39 is 10.9 Å². The fourth-order valence-corrected chi connectivity index (χ4v) is 6.23. The van der Waals surface area contributed by atoms with Crippen LogP contribution in [-0.2, 0) is 6.54 Å². The fraction of sp³-hybridized carbons (Fsp3) is 0.333. The summed E-state index contributed by atoms with van der Waals surface area (Å²) in [5.74, 6) is 1.79. The highest BCUT2D eigenvalue weighted by atomic mass is 16.5. The maximum Gasteiger partial charge on any atom is 0.253 e. The van der Waals surface area contributed by atoms with Crippen molar-refractivity contribution < 1.29 is 4.74 Å². The van der Waals surface area contributed by atoms with Crippen LogP contribution in [-0.4, -0.2) is 36.1 Å². The molecule has 190 valence electrons. The van der Waals surface area contributed by atoms with Gasteiger partial charge in [0.2, 0.25) is 0 Å². The zero-order valence-corrected chi connectivity index (χ0v) is 20.9. The molecule has 1 aromatic heterocycles. The Morgan fingerprint density at radius 1 is 1.24 bits per heavy atom. The molecule has 0 amide bonds. The summed E-state index contributed by atoms with van der Waals surface area (Å²) in [6, 6.07) is 15.8. The molecule has 2 bridgehead atoms. The van der Waals surface area contributed by atoms with Crippen LogP contribution >= 0.6 is 0 Å². The van der Waals surface area contributed by atoms with Crippen LogP contribution in [0.2, 0.25) is 0 Å². The van der Waals surface area contributed by atoms with Gasteiger partial charge in [-0.05, 0) is 67.6 Å². The third-order valence-corrected chi connectivity index (χ3v) is 8.27. The Bertz CT molecular complexity index is 1500. The predicted octanol–water partition coefficient (Wildman–Crippen LogP) is 4.22. The van der Waals surface area contributed by atoms with Gasteiger partial charge in [0.25, 0.3) is 10.9 Å². The fourth-order valence-electron chi connectivity index (χ4n) is 6.23. The van der Waals surface area contributed by atoms with Gasteiger partial charge in [-0.2, -0.15) is 23.8 Å². The number of hydrogen-bond acceptors (Lipinski definition) is 7. The quantitative estimate of drug-likeness (QED) is 0.204. The van der Waals surface area contributed by atoms with Crippen molar-refractivity contribution in [3.05, 3.63) is 99.0 Å². The number of nitrogens with one attached hydrogen (secondary N) is 2. The maximum atomic E-state index is 12.8. The van der Waals surface area contributed by atoms with Crippen LogP contribution in [0.25, 0.3) is 10.9 Å². The summed E-state index contributed by atoms with van der Waals surface area (Å²) in [6.07, 6.45) is 6.05. The first-order chi connectivity index (χ1) is 18.1. The first-order valence-electron chi connectivity index (χ1n) is 12.9. The van der Waals surface area contributed by atoms with Gasteiger partial charge in [0.1, 0.15) is 17.1 Å². The molecule has 5 atom stereocenters. The van der Waals surface area contributed by atoms with Gasteiger partial charge >= 0.3 is 0 Å². The minimum absolute atomic E-state index is 0.166. The van der Waals surface area contributed by atoms with Crippen LogP contribution in [0.3, 0.4) is 0 Å². The lowest BCUT2D eigenvalue weighted by Gasteiger charge is -2.52. The van der Waals surface area contributed by atoms with Crippen molar-refractivity contribution in [3.8, 4) is 5.75 Å². The maximum absolute atomic E-state index is 12.8. The molecular formula is C30H31N4O3-. The van der Waals surface area contributed by atoms with Crippen LogP contribution in [0.1, 0.15) is 30.0 Å². The normalized spacial score (nSPS) is 23.7. The zero-order chi connectivity index (χ0) is 25.5. The molecule has 3 saturated heterocycles. The van der Waals surface area contributed by atoms with E-state index in [-0.39, 0.29) is 12.1 Å². The highest BCUT2D eigenvalue weighted by Crippen LogP contribution is 2.43. The van der Waals surface area contributed by atoms with Crippen molar-refractivity contribution in [1.82, 2.24) is 9.88 Å².